The molecule has 3 nitrogen and oxygen atoms in total. The van der Waals surface area contributed by atoms with Gasteiger partial charge in [-0.25, -0.2) is 4.98 Å². The van der Waals surface area contributed by atoms with Gasteiger partial charge in [-0.2, -0.15) is 0 Å². The molecule has 6 heteroatoms. The lowest BCUT2D eigenvalue weighted by molar-refractivity contribution is 0.299. The molecule has 1 aromatic heterocycles. The van der Waals surface area contributed by atoms with Crippen LogP contribution in [0.15, 0.2) is 23.7 Å². The molecular weight excluding hydrogens is 327 g/mol. The molecule has 0 spiro atoms. The van der Waals surface area contributed by atoms with Gasteiger partial charge in [-0.3, -0.25) is 0 Å². The molecule has 0 fully saturated rings. The zero-order valence-electron chi connectivity index (χ0n) is 12.2. The smallest absolute Gasteiger partial charge is 0.143 e. The summed E-state index contributed by atoms with van der Waals surface area (Å²) in [6.45, 7) is 7.36. The molecule has 0 radical (unpaired) electrons. The van der Waals surface area contributed by atoms with Crippen LogP contribution in [0.3, 0.4) is 0 Å². The number of thiazole rings is 1. The van der Waals surface area contributed by atoms with Gasteiger partial charge in [-0.05, 0) is 32.9 Å². The third kappa shape index (κ3) is 5.15. The van der Waals surface area contributed by atoms with Crippen molar-refractivity contribution in [2.24, 2.45) is 0 Å². The molecule has 1 N–H and O–H groups in total. The van der Waals surface area contributed by atoms with E-state index < -0.39 is 0 Å². The second-order valence-corrected chi connectivity index (χ2v) is 7.52. The summed E-state index contributed by atoms with van der Waals surface area (Å²) in [5.41, 5.74) is 0.945. The average Bonchev–Trinajstić information content (AvgIpc) is 2.87. The number of ether oxygens (including phenoxy) is 1. The van der Waals surface area contributed by atoms with Gasteiger partial charge in [0.25, 0.3) is 0 Å². The normalized spacial score (nSPS) is 11.7. The maximum atomic E-state index is 6.27. The topological polar surface area (TPSA) is 34.1 Å². The van der Waals surface area contributed by atoms with Gasteiger partial charge in [0.05, 0.1) is 5.02 Å². The Kier molecular flexibility index (Phi) is 5.49. The second kappa shape index (κ2) is 6.97. The third-order valence-corrected chi connectivity index (χ3v) is 3.97. The van der Waals surface area contributed by atoms with Crippen LogP contribution >= 0.6 is 34.5 Å². The molecule has 0 saturated heterocycles. The van der Waals surface area contributed by atoms with Crippen LogP contribution in [0.2, 0.25) is 10.0 Å². The number of rotatable bonds is 5. The zero-order chi connectivity index (χ0) is 15.5. The minimum atomic E-state index is 0.00136. The molecule has 0 unspecified atom stereocenters. The fourth-order valence-electron chi connectivity index (χ4n) is 1.73. The average molecular weight is 345 g/mol. The Bertz CT molecular complexity index is 594. The molecule has 0 bridgehead atoms. The van der Waals surface area contributed by atoms with E-state index in [0.29, 0.717) is 28.9 Å². The first-order valence-electron chi connectivity index (χ1n) is 6.59. The largest absolute Gasteiger partial charge is 0.485 e. The lowest BCUT2D eigenvalue weighted by Crippen LogP contribution is -2.35. The van der Waals surface area contributed by atoms with E-state index in [9.17, 15) is 0 Å². The summed E-state index contributed by atoms with van der Waals surface area (Å²) >= 11 is 13.9. The number of aromatic nitrogens is 1. The minimum Gasteiger partial charge on any atom is -0.485 e. The van der Waals surface area contributed by atoms with E-state index in [4.69, 9.17) is 27.9 Å². The number of hydrogen-bond donors (Lipinski definition) is 1. The molecule has 0 aliphatic rings. The molecule has 1 aromatic carbocycles. The van der Waals surface area contributed by atoms with Crippen molar-refractivity contribution < 1.29 is 4.74 Å². The van der Waals surface area contributed by atoms with E-state index in [1.165, 1.54) is 0 Å². The SMILES string of the molecule is CC(C)(C)NCc1cc(Cl)cc(Cl)c1OCc1nccs1. The summed E-state index contributed by atoms with van der Waals surface area (Å²) in [7, 11) is 0. The molecule has 2 aromatic rings. The second-order valence-electron chi connectivity index (χ2n) is 5.69. The summed E-state index contributed by atoms with van der Waals surface area (Å²) in [5, 5.41) is 7.37. The van der Waals surface area contributed by atoms with E-state index in [1.807, 2.05) is 11.4 Å². The molecule has 0 amide bonds. The fourth-order valence-corrected chi connectivity index (χ4v) is 2.84. The lowest BCUT2D eigenvalue weighted by Gasteiger charge is -2.22. The summed E-state index contributed by atoms with van der Waals surface area (Å²) in [6, 6.07) is 3.57. The highest BCUT2D eigenvalue weighted by atomic mass is 35.5. The van der Waals surface area contributed by atoms with E-state index in [1.54, 1.807) is 23.6 Å². The Hall–Kier alpha value is -0.810. The summed E-state index contributed by atoms with van der Waals surface area (Å²) in [6.07, 6.45) is 1.76. The highest BCUT2D eigenvalue weighted by molar-refractivity contribution is 7.09. The zero-order valence-corrected chi connectivity index (χ0v) is 14.6. The highest BCUT2D eigenvalue weighted by Gasteiger charge is 2.15. The first kappa shape index (κ1) is 16.6. The van der Waals surface area contributed by atoms with Crippen LogP contribution in [0.5, 0.6) is 5.75 Å². The van der Waals surface area contributed by atoms with Crippen LogP contribution in [0.4, 0.5) is 0 Å². The summed E-state index contributed by atoms with van der Waals surface area (Å²) < 4.78 is 5.85. The first-order chi connectivity index (χ1) is 9.85. The van der Waals surface area contributed by atoms with Crippen LogP contribution < -0.4 is 10.1 Å². The number of hydrogen-bond acceptors (Lipinski definition) is 4. The molecule has 114 valence electrons. The van der Waals surface area contributed by atoms with E-state index in [-0.39, 0.29) is 5.54 Å². The van der Waals surface area contributed by atoms with Crippen molar-refractivity contribution in [3.8, 4) is 5.75 Å². The van der Waals surface area contributed by atoms with Crippen molar-refractivity contribution in [2.45, 2.75) is 39.5 Å². The summed E-state index contributed by atoms with van der Waals surface area (Å²) in [4.78, 5) is 4.20. The Labute approximate surface area is 139 Å². The third-order valence-electron chi connectivity index (χ3n) is 2.72. The Morgan fingerprint density at radius 3 is 2.67 bits per heavy atom. The first-order valence-corrected chi connectivity index (χ1v) is 8.23. The quantitative estimate of drug-likeness (QED) is 0.835. The van der Waals surface area contributed by atoms with Crippen molar-refractivity contribution in [1.29, 1.82) is 0 Å². The van der Waals surface area contributed by atoms with Gasteiger partial charge in [0, 0.05) is 34.2 Å². The monoisotopic (exact) mass is 344 g/mol. The van der Waals surface area contributed by atoms with Gasteiger partial charge in [0.2, 0.25) is 0 Å². The molecule has 0 atom stereocenters. The predicted octanol–water partition coefficient (Wildman–Crippen LogP) is 4.92. The highest BCUT2D eigenvalue weighted by Crippen LogP contribution is 2.33. The van der Waals surface area contributed by atoms with Crippen molar-refractivity contribution in [1.82, 2.24) is 10.3 Å². The minimum absolute atomic E-state index is 0.00136. The molecule has 2 rings (SSSR count). The standard InChI is InChI=1S/C15H18Cl2N2OS/c1-15(2,3)19-8-10-6-11(16)7-12(17)14(10)20-9-13-18-4-5-21-13/h4-7,19H,8-9H2,1-3H3. The molecule has 0 aliphatic carbocycles. The Morgan fingerprint density at radius 2 is 2.05 bits per heavy atom. The number of benzene rings is 1. The van der Waals surface area contributed by atoms with Crippen molar-refractivity contribution in [2.75, 3.05) is 0 Å². The maximum absolute atomic E-state index is 6.27. The number of halogens is 2. The van der Waals surface area contributed by atoms with Gasteiger partial charge < -0.3 is 10.1 Å². The van der Waals surface area contributed by atoms with E-state index >= 15 is 0 Å². The maximum Gasteiger partial charge on any atom is 0.143 e. The van der Waals surface area contributed by atoms with Crippen molar-refractivity contribution >= 4 is 34.5 Å². The van der Waals surface area contributed by atoms with Gasteiger partial charge >= 0.3 is 0 Å². The van der Waals surface area contributed by atoms with Gasteiger partial charge in [0.1, 0.15) is 17.4 Å². The van der Waals surface area contributed by atoms with Gasteiger partial charge in [-0.15, -0.1) is 11.3 Å². The molecule has 0 aliphatic heterocycles. The van der Waals surface area contributed by atoms with Crippen LogP contribution in [-0.4, -0.2) is 10.5 Å². The number of nitrogens with one attached hydrogen (secondary N) is 1. The van der Waals surface area contributed by atoms with Crippen molar-refractivity contribution in [3.63, 3.8) is 0 Å². The Morgan fingerprint density at radius 1 is 1.29 bits per heavy atom. The van der Waals surface area contributed by atoms with Crippen LogP contribution in [0, 0.1) is 0 Å². The molecule has 21 heavy (non-hydrogen) atoms. The van der Waals surface area contributed by atoms with E-state index in [2.05, 4.69) is 31.1 Å². The fraction of sp³-hybridized carbons (Fsp3) is 0.400. The molecule has 1 heterocycles. The Balaban J connectivity index is 2.17. The van der Waals surface area contributed by atoms with Crippen LogP contribution in [0.1, 0.15) is 31.3 Å². The number of nitrogens with zero attached hydrogens (tertiary/aromatic N) is 1. The predicted molar refractivity (Wildman–Crippen MR) is 89.5 cm³/mol. The van der Waals surface area contributed by atoms with Crippen LogP contribution in [0.25, 0.3) is 0 Å². The van der Waals surface area contributed by atoms with Gasteiger partial charge in [0.15, 0.2) is 0 Å². The van der Waals surface area contributed by atoms with E-state index in [0.717, 1.165) is 10.6 Å². The molecule has 0 saturated carbocycles. The van der Waals surface area contributed by atoms with Crippen molar-refractivity contribution in [3.05, 3.63) is 44.3 Å². The lowest BCUT2D eigenvalue weighted by atomic mass is 10.1. The van der Waals surface area contributed by atoms with Crippen LogP contribution in [-0.2, 0) is 13.2 Å². The summed E-state index contributed by atoms with van der Waals surface area (Å²) in [5.74, 6) is 0.660. The van der Waals surface area contributed by atoms with Gasteiger partial charge in [-0.1, -0.05) is 23.2 Å². The molecular formula is C15H18Cl2N2OS.